The number of sulfonamides is 1. The number of esters is 1. The van der Waals surface area contributed by atoms with E-state index in [2.05, 4.69) is 30.9 Å². The summed E-state index contributed by atoms with van der Waals surface area (Å²) in [6.07, 6.45) is 0. The summed E-state index contributed by atoms with van der Waals surface area (Å²) in [5.74, 6) is -0.498. The monoisotopic (exact) mass is 433 g/mol. The number of ether oxygens (including phenoxy) is 1. The smallest absolute Gasteiger partial charge is 0.355 e. The third kappa shape index (κ3) is 3.74. The molecular formula is C22H31N3O4S. The van der Waals surface area contributed by atoms with Gasteiger partial charge in [-0.25, -0.2) is 13.2 Å². The van der Waals surface area contributed by atoms with Gasteiger partial charge in [-0.15, -0.1) is 0 Å². The van der Waals surface area contributed by atoms with Crippen LogP contribution in [0.15, 0.2) is 23.1 Å². The Kier molecular flexibility index (Phi) is 6.29. The Morgan fingerprint density at radius 1 is 1.03 bits per heavy atom. The van der Waals surface area contributed by atoms with Crippen LogP contribution in [0.1, 0.15) is 39.8 Å². The van der Waals surface area contributed by atoms with Crippen molar-refractivity contribution in [3.63, 3.8) is 0 Å². The molecule has 3 rings (SSSR count). The Labute approximate surface area is 179 Å². The summed E-state index contributed by atoms with van der Waals surface area (Å²) in [4.78, 5) is 14.8. The van der Waals surface area contributed by atoms with Crippen LogP contribution in [0.3, 0.4) is 0 Å². The summed E-state index contributed by atoms with van der Waals surface area (Å²) >= 11 is 0. The molecule has 1 saturated heterocycles. The quantitative estimate of drug-likeness (QED) is 0.678. The van der Waals surface area contributed by atoms with Gasteiger partial charge in [0.25, 0.3) is 0 Å². The summed E-state index contributed by atoms with van der Waals surface area (Å²) in [5, 5.41) is 0. The third-order valence-corrected chi connectivity index (χ3v) is 8.25. The highest BCUT2D eigenvalue weighted by Crippen LogP contribution is 2.31. The van der Waals surface area contributed by atoms with Gasteiger partial charge in [-0.1, -0.05) is 12.1 Å². The van der Waals surface area contributed by atoms with Gasteiger partial charge in [-0.2, -0.15) is 4.31 Å². The van der Waals surface area contributed by atoms with Crippen molar-refractivity contribution in [2.24, 2.45) is 7.05 Å². The Hall–Kier alpha value is -2.32. The molecule has 7 nitrogen and oxygen atoms in total. The number of hydrogen-bond acceptors (Lipinski definition) is 5. The lowest BCUT2D eigenvalue weighted by Crippen LogP contribution is -2.49. The molecule has 0 atom stereocenters. The standard InChI is InChI=1S/C22H31N3O4S/c1-7-29-22(26)20-17(4)21(18(5)23(20)6)30(27,28)25-13-11-24(12-14-25)19-10-8-9-15(2)16(19)3/h8-10H,7,11-14H2,1-6H3. The fourth-order valence-electron chi connectivity index (χ4n) is 4.20. The number of hydrogen-bond donors (Lipinski definition) is 0. The highest BCUT2D eigenvalue weighted by atomic mass is 32.2. The molecule has 0 saturated carbocycles. The van der Waals surface area contributed by atoms with E-state index in [1.807, 2.05) is 6.07 Å². The van der Waals surface area contributed by atoms with E-state index in [-0.39, 0.29) is 11.5 Å². The van der Waals surface area contributed by atoms with E-state index in [1.54, 1.807) is 32.4 Å². The molecule has 1 aromatic heterocycles. The minimum atomic E-state index is -3.72. The molecule has 1 aromatic carbocycles. The number of aryl methyl sites for hydroxylation is 1. The fraction of sp³-hybridized carbons (Fsp3) is 0.500. The number of carbonyl (C=O) groups is 1. The molecule has 8 heteroatoms. The van der Waals surface area contributed by atoms with Crippen LogP contribution in [-0.2, 0) is 21.8 Å². The number of nitrogens with zero attached hydrogens (tertiary/aromatic N) is 3. The lowest BCUT2D eigenvalue weighted by molar-refractivity contribution is 0.0514. The van der Waals surface area contributed by atoms with Crippen LogP contribution < -0.4 is 4.90 Å². The van der Waals surface area contributed by atoms with Gasteiger partial charge in [0.1, 0.15) is 10.6 Å². The van der Waals surface area contributed by atoms with Gasteiger partial charge in [0.2, 0.25) is 10.0 Å². The largest absolute Gasteiger partial charge is 0.461 e. The average molecular weight is 434 g/mol. The van der Waals surface area contributed by atoms with Gasteiger partial charge in [0.05, 0.1) is 6.61 Å². The lowest BCUT2D eigenvalue weighted by Gasteiger charge is -2.36. The maximum atomic E-state index is 13.5. The van der Waals surface area contributed by atoms with Gasteiger partial charge >= 0.3 is 5.97 Å². The van der Waals surface area contributed by atoms with Crippen LogP contribution in [0, 0.1) is 27.7 Å². The zero-order valence-electron chi connectivity index (χ0n) is 18.7. The van der Waals surface area contributed by atoms with Crippen molar-refractivity contribution in [1.29, 1.82) is 0 Å². The van der Waals surface area contributed by atoms with Crippen molar-refractivity contribution in [1.82, 2.24) is 8.87 Å². The second kappa shape index (κ2) is 8.43. The topological polar surface area (TPSA) is 71.8 Å². The van der Waals surface area contributed by atoms with Crippen molar-refractivity contribution in [2.75, 3.05) is 37.7 Å². The number of piperazine rings is 1. The van der Waals surface area contributed by atoms with Crippen LogP contribution >= 0.6 is 0 Å². The predicted molar refractivity (Wildman–Crippen MR) is 118 cm³/mol. The first-order chi connectivity index (χ1) is 14.1. The molecule has 1 aliphatic heterocycles. The third-order valence-electron chi connectivity index (χ3n) is 6.08. The van der Waals surface area contributed by atoms with Crippen LogP contribution in [0.4, 0.5) is 5.69 Å². The summed E-state index contributed by atoms with van der Waals surface area (Å²) in [7, 11) is -2.02. The molecule has 30 heavy (non-hydrogen) atoms. The van der Waals surface area contributed by atoms with Crippen molar-refractivity contribution < 1.29 is 17.9 Å². The first kappa shape index (κ1) is 22.4. The van der Waals surface area contributed by atoms with E-state index in [1.165, 1.54) is 15.4 Å². The molecule has 0 N–H and O–H groups in total. The first-order valence-electron chi connectivity index (χ1n) is 10.3. The fourth-order valence-corrected chi connectivity index (χ4v) is 6.09. The average Bonchev–Trinajstić information content (AvgIpc) is 2.93. The number of rotatable bonds is 5. The molecule has 0 amide bonds. The zero-order chi connectivity index (χ0) is 22.2. The Morgan fingerprint density at radius 2 is 1.67 bits per heavy atom. The minimum Gasteiger partial charge on any atom is -0.461 e. The first-order valence-corrected chi connectivity index (χ1v) is 11.7. The number of benzene rings is 1. The molecule has 1 aliphatic rings. The number of anilines is 1. The number of aromatic nitrogens is 1. The Morgan fingerprint density at radius 3 is 2.27 bits per heavy atom. The number of carbonyl (C=O) groups excluding carboxylic acids is 1. The molecule has 0 aliphatic carbocycles. The van der Waals surface area contributed by atoms with Crippen molar-refractivity contribution in [2.45, 2.75) is 39.5 Å². The summed E-state index contributed by atoms with van der Waals surface area (Å²) in [6, 6.07) is 6.21. The molecule has 0 unspecified atom stereocenters. The molecule has 164 valence electrons. The summed E-state index contributed by atoms with van der Waals surface area (Å²) in [6.45, 7) is 11.6. The van der Waals surface area contributed by atoms with Gasteiger partial charge in [0, 0.05) is 50.2 Å². The van der Waals surface area contributed by atoms with Crippen LogP contribution in [-0.4, -0.2) is 56.0 Å². The molecule has 2 aromatic rings. The SMILES string of the molecule is CCOC(=O)c1c(C)c(S(=O)(=O)N2CCN(c3cccc(C)c3C)CC2)c(C)n1C. The lowest BCUT2D eigenvalue weighted by atomic mass is 10.1. The van der Waals surface area contributed by atoms with Crippen molar-refractivity contribution in [3.05, 3.63) is 46.3 Å². The molecule has 0 spiro atoms. The normalized spacial score (nSPS) is 15.5. The molecule has 0 bridgehead atoms. The van der Waals surface area contributed by atoms with Crippen molar-refractivity contribution in [3.8, 4) is 0 Å². The van der Waals surface area contributed by atoms with Crippen molar-refractivity contribution >= 4 is 21.7 Å². The predicted octanol–water partition coefficient (Wildman–Crippen LogP) is 2.95. The van der Waals surface area contributed by atoms with E-state index in [4.69, 9.17) is 4.74 Å². The van der Waals surface area contributed by atoms with Gasteiger partial charge in [0.15, 0.2) is 0 Å². The second-order valence-corrected chi connectivity index (χ2v) is 9.65. The molecule has 2 heterocycles. The molecular weight excluding hydrogens is 402 g/mol. The van der Waals surface area contributed by atoms with E-state index in [0.717, 1.165) is 5.69 Å². The van der Waals surface area contributed by atoms with Gasteiger partial charge < -0.3 is 14.2 Å². The minimum absolute atomic E-state index is 0.216. The van der Waals surface area contributed by atoms with E-state index in [9.17, 15) is 13.2 Å². The highest BCUT2D eigenvalue weighted by molar-refractivity contribution is 7.89. The maximum absolute atomic E-state index is 13.5. The van der Waals surface area contributed by atoms with Gasteiger partial charge in [-0.05, 0) is 51.8 Å². The van der Waals surface area contributed by atoms with E-state index in [0.29, 0.717) is 43.1 Å². The zero-order valence-corrected chi connectivity index (χ0v) is 19.5. The Bertz CT molecular complexity index is 1060. The second-order valence-electron chi connectivity index (χ2n) is 7.78. The summed E-state index contributed by atoms with van der Waals surface area (Å²) in [5.41, 5.74) is 4.90. The van der Waals surface area contributed by atoms with Crippen LogP contribution in [0.25, 0.3) is 0 Å². The maximum Gasteiger partial charge on any atom is 0.355 e. The van der Waals surface area contributed by atoms with Crippen LogP contribution in [0.2, 0.25) is 0 Å². The molecule has 1 fully saturated rings. The van der Waals surface area contributed by atoms with Crippen LogP contribution in [0.5, 0.6) is 0 Å². The molecule has 0 radical (unpaired) electrons. The van der Waals surface area contributed by atoms with Gasteiger partial charge in [-0.3, -0.25) is 0 Å². The van der Waals surface area contributed by atoms with E-state index < -0.39 is 16.0 Å². The highest BCUT2D eigenvalue weighted by Gasteiger charge is 2.35. The summed E-state index contributed by atoms with van der Waals surface area (Å²) < 4.78 is 35.2. The Balaban J connectivity index is 1.87. The van der Waals surface area contributed by atoms with E-state index >= 15 is 0 Å².